The van der Waals surface area contributed by atoms with Crippen molar-refractivity contribution in [1.82, 2.24) is 15.0 Å². The molecule has 0 unspecified atom stereocenters. The Hall–Kier alpha value is -2.11. The number of H-pyrrole nitrogens is 1. The summed E-state index contributed by atoms with van der Waals surface area (Å²) in [5, 5.41) is 1.43. The van der Waals surface area contributed by atoms with E-state index in [4.69, 9.17) is 27.9 Å². The predicted octanol–water partition coefficient (Wildman–Crippen LogP) is 3.20. The van der Waals surface area contributed by atoms with Crippen molar-refractivity contribution in [2.45, 2.75) is 6.61 Å². The summed E-state index contributed by atoms with van der Waals surface area (Å²) in [6.07, 6.45) is 3.08. The molecule has 7 heteroatoms. The molecule has 0 radical (unpaired) electrons. The van der Waals surface area contributed by atoms with Gasteiger partial charge in [-0.25, -0.2) is 4.98 Å². The lowest BCUT2D eigenvalue weighted by atomic mass is 10.3. The number of aromatic amines is 1. The fraction of sp³-hybridized carbons (Fsp3) is 0.0714. The van der Waals surface area contributed by atoms with Crippen LogP contribution in [0.15, 0.2) is 41.5 Å². The lowest BCUT2D eigenvalue weighted by Crippen LogP contribution is -2.13. The Kier molecular flexibility index (Phi) is 3.77. The van der Waals surface area contributed by atoms with Gasteiger partial charge in [0.2, 0.25) is 0 Å². The van der Waals surface area contributed by atoms with Gasteiger partial charge in [-0.1, -0.05) is 23.2 Å². The number of ether oxygens (including phenoxy) is 1. The van der Waals surface area contributed by atoms with Gasteiger partial charge in [-0.3, -0.25) is 9.78 Å². The summed E-state index contributed by atoms with van der Waals surface area (Å²) < 4.78 is 5.54. The Morgan fingerprint density at radius 3 is 2.71 bits per heavy atom. The topological polar surface area (TPSA) is 67.9 Å². The van der Waals surface area contributed by atoms with Gasteiger partial charge in [0.05, 0.1) is 17.1 Å². The first-order chi connectivity index (χ1) is 10.1. The molecule has 0 bridgehead atoms. The highest BCUT2D eigenvalue weighted by Gasteiger charge is 2.05. The normalized spacial score (nSPS) is 10.8. The number of halogens is 2. The predicted molar refractivity (Wildman–Crippen MR) is 81.0 cm³/mol. The van der Waals surface area contributed by atoms with E-state index in [1.807, 2.05) is 0 Å². The van der Waals surface area contributed by atoms with E-state index in [1.54, 1.807) is 30.5 Å². The molecule has 0 saturated heterocycles. The maximum Gasteiger partial charge on any atom is 0.258 e. The van der Waals surface area contributed by atoms with Crippen LogP contribution in [0.5, 0.6) is 5.75 Å². The van der Waals surface area contributed by atoms with E-state index in [0.29, 0.717) is 32.5 Å². The van der Waals surface area contributed by atoms with Crippen molar-refractivity contribution < 1.29 is 4.74 Å². The molecular weight excluding hydrogens is 313 g/mol. The molecule has 1 N–H and O–H groups in total. The molecule has 0 aliphatic heterocycles. The van der Waals surface area contributed by atoms with Gasteiger partial charge >= 0.3 is 0 Å². The van der Waals surface area contributed by atoms with Crippen molar-refractivity contribution in [1.29, 1.82) is 0 Å². The van der Waals surface area contributed by atoms with Gasteiger partial charge in [-0.15, -0.1) is 0 Å². The number of nitrogens with one attached hydrogen (secondary N) is 1. The minimum atomic E-state index is -0.231. The van der Waals surface area contributed by atoms with E-state index in [1.165, 1.54) is 6.20 Å². The van der Waals surface area contributed by atoms with E-state index < -0.39 is 0 Å². The first-order valence-corrected chi connectivity index (χ1v) is 6.79. The summed E-state index contributed by atoms with van der Waals surface area (Å²) in [4.78, 5) is 22.8. The number of fused-ring (bicyclic) bond motifs is 1. The van der Waals surface area contributed by atoms with Crippen molar-refractivity contribution in [3.63, 3.8) is 0 Å². The number of aromatic nitrogens is 3. The highest BCUT2D eigenvalue weighted by molar-refractivity contribution is 6.34. The molecule has 2 aromatic heterocycles. The standard InChI is InChI=1S/C14H9Cl2N3O2/c15-8-3-9(16)5-10(4-8)21-7-13-18-12-6-17-2-1-11(12)14(20)19-13/h1-6H,7H2,(H,18,19,20). The quantitative estimate of drug-likeness (QED) is 0.804. The molecule has 0 amide bonds. The third kappa shape index (κ3) is 3.15. The first kappa shape index (κ1) is 13.9. The number of hydrogen-bond donors (Lipinski definition) is 1. The zero-order chi connectivity index (χ0) is 14.8. The molecular formula is C14H9Cl2N3O2. The zero-order valence-electron chi connectivity index (χ0n) is 10.6. The molecule has 3 aromatic rings. The van der Waals surface area contributed by atoms with Crippen molar-refractivity contribution in [3.05, 3.63) is 62.9 Å². The SMILES string of the molecule is O=c1[nH]c(COc2cc(Cl)cc(Cl)c2)nc2cnccc12. The molecule has 5 nitrogen and oxygen atoms in total. The molecule has 3 rings (SSSR count). The van der Waals surface area contributed by atoms with E-state index in [0.717, 1.165) is 0 Å². The van der Waals surface area contributed by atoms with Crippen LogP contribution in [0.25, 0.3) is 10.9 Å². The van der Waals surface area contributed by atoms with Crippen molar-refractivity contribution in [3.8, 4) is 5.75 Å². The smallest absolute Gasteiger partial charge is 0.258 e. The fourth-order valence-electron chi connectivity index (χ4n) is 1.87. The second-order valence-electron chi connectivity index (χ2n) is 4.30. The van der Waals surface area contributed by atoms with Crippen LogP contribution in [-0.2, 0) is 6.61 Å². The molecule has 21 heavy (non-hydrogen) atoms. The maximum absolute atomic E-state index is 11.9. The van der Waals surface area contributed by atoms with Gasteiger partial charge < -0.3 is 9.72 Å². The third-order valence-electron chi connectivity index (χ3n) is 2.77. The minimum Gasteiger partial charge on any atom is -0.486 e. The number of hydrogen-bond acceptors (Lipinski definition) is 4. The molecule has 0 atom stereocenters. The first-order valence-electron chi connectivity index (χ1n) is 6.03. The highest BCUT2D eigenvalue weighted by Crippen LogP contribution is 2.24. The van der Waals surface area contributed by atoms with Crippen molar-refractivity contribution >= 4 is 34.1 Å². The van der Waals surface area contributed by atoms with Crippen LogP contribution < -0.4 is 10.3 Å². The Morgan fingerprint density at radius 1 is 1.19 bits per heavy atom. The van der Waals surface area contributed by atoms with Crippen LogP contribution in [0, 0.1) is 0 Å². The van der Waals surface area contributed by atoms with Crippen LogP contribution in [0.4, 0.5) is 0 Å². The number of rotatable bonds is 3. The van der Waals surface area contributed by atoms with E-state index in [2.05, 4.69) is 15.0 Å². The van der Waals surface area contributed by atoms with Gasteiger partial charge in [-0.05, 0) is 24.3 Å². The molecule has 0 spiro atoms. The molecule has 0 aliphatic rings. The van der Waals surface area contributed by atoms with E-state index >= 15 is 0 Å². The van der Waals surface area contributed by atoms with Gasteiger partial charge in [0.1, 0.15) is 18.2 Å². The molecule has 0 saturated carbocycles. The molecule has 0 fully saturated rings. The van der Waals surface area contributed by atoms with Gasteiger partial charge in [0.25, 0.3) is 5.56 Å². The summed E-state index contributed by atoms with van der Waals surface area (Å²) in [5.41, 5.74) is 0.286. The number of benzene rings is 1. The summed E-state index contributed by atoms with van der Waals surface area (Å²) in [7, 11) is 0. The molecule has 0 aliphatic carbocycles. The van der Waals surface area contributed by atoms with Gasteiger partial charge in [-0.2, -0.15) is 0 Å². The van der Waals surface area contributed by atoms with Crippen molar-refractivity contribution in [2.75, 3.05) is 0 Å². The lowest BCUT2D eigenvalue weighted by molar-refractivity contribution is 0.296. The Morgan fingerprint density at radius 2 is 1.95 bits per heavy atom. The maximum atomic E-state index is 11.9. The van der Waals surface area contributed by atoms with Gasteiger partial charge in [0, 0.05) is 16.2 Å². The Labute approximate surface area is 129 Å². The number of nitrogens with zero attached hydrogens (tertiary/aromatic N) is 2. The van der Waals surface area contributed by atoms with Crippen LogP contribution >= 0.6 is 23.2 Å². The van der Waals surface area contributed by atoms with Gasteiger partial charge in [0.15, 0.2) is 0 Å². The lowest BCUT2D eigenvalue weighted by Gasteiger charge is -2.07. The summed E-state index contributed by atoms with van der Waals surface area (Å²) in [6, 6.07) is 6.49. The average Bonchev–Trinajstić information content (AvgIpc) is 2.44. The van der Waals surface area contributed by atoms with Crippen LogP contribution in [0.3, 0.4) is 0 Å². The summed E-state index contributed by atoms with van der Waals surface area (Å²) >= 11 is 11.8. The average molecular weight is 322 g/mol. The van der Waals surface area contributed by atoms with Crippen molar-refractivity contribution in [2.24, 2.45) is 0 Å². The molecule has 2 heterocycles. The monoisotopic (exact) mass is 321 g/mol. The second kappa shape index (κ2) is 5.71. The Bertz CT molecular complexity index is 844. The number of pyridine rings is 1. The summed E-state index contributed by atoms with van der Waals surface area (Å²) in [6.45, 7) is 0.0940. The Balaban J connectivity index is 1.86. The zero-order valence-corrected chi connectivity index (χ0v) is 12.1. The van der Waals surface area contributed by atoms with E-state index in [-0.39, 0.29) is 12.2 Å². The molecule has 1 aromatic carbocycles. The van der Waals surface area contributed by atoms with E-state index in [9.17, 15) is 4.79 Å². The summed E-state index contributed by atoms with van der Waals surface area (Å²) in [5.74, 6) is 0.901. The largest absolute Gasteiger partial charge is 0.486 e. The fourth-order valence-corrected chi connectivity index (χ4v) is 2.38. The van der Waals surface area contributed by atoms with Crippen LogP contribution in [0.1, 0.15) is 5.82 Å². The highest BCUT2D eigenvalue weighted by atomic mass is 35.5. The second-order valence-corrected chi connectivity index (χ2v) is 5.17. The van der Waals surface area contributed by atoms with Crippen LogP contribution in [0.2, 0.25) is 10.0 Å². The third-order valence-corrected chi connectivity index (χ3v) is 3.21. The van der Waals surface area contributed by atoms with Crippen LogP contribution in [-0.4, -0.2) is 15.0 Å². The minimum absolute atomic E-state index is 0.0940. The molecule has 106 valence electrons.